The first-order chi connectivity index (χ1) is 10.7. The minimum atomic E-state index is 0.844. The lowest BCUT2D eigenvalue weighted by atomic mass is 10.2. The predicted molar refractivity (Wildman–Crippen MR) is 92.6 cm³/mol. The smallest absolute Gasteiger partial charge is 0.141 e. The lowest BCUT2D eigenvalue weighted by molar-refractivity contribution is -0.910. The number of quaternary nitrogens is 2. The predicted octanol–water partition coefficient (Wildman–Crippen LogP) is 2.26. The van der Waals surface area contributed by atoms with Crippen LogP contribution in [0, 0.1) is 36.5 Å². The van der Waals surface area contributed by atoms with Gasteiger partial charge in [0, 0.05) is 38.5 Å². The van der Waals surface area contributed by atoms with Crippen LogP contribution in [0.2, 0.25) is 0 Å². The summed E-state index contributed by atoms with van der Waals surface area (Å²) in [6.07, 6.45) is 18.5. The van der Waals surface area contributed by atoms with Crippen molar-refractivity contribution in [3.05, 3.63) is 0 Å². The third-order valence-electron chi connectivity index (χ3n) is 5.36. The molecule has 22 heavy (non-hydrogen) atoms. The van der Waals surface area contributed by atoms with E-state index in [0.29, 0.717) is 0 Å². The molecule has 0 bridgehead atoms. The Morgan fingerprint density at radius 1 is 0.682 bits per heavy atom. The van der Waals surface area contributed by atoms with E-state index in [-0.39, 0.29) is 0 Å². The summed E-state index contributed by atoms with van der Waals surface area (Å²) in [6, 6.07) is 0. The van der Waals surface area contributed by atoms with E-state index >= 15 is 0 Å². The maximum atomic E-state index is 5.55. The molecule has 2 heteroatoms. The summed E-state index contributed by atoms with van der Waals surface area (Å²) in [5, 5.41) is 0. The van der Waals surface area contributed by atoms with Crippen molar-refractivity contribution in [3.8, 4) is 36.5 Å². The highest BCUT2D eigenvalue weighted by Crippen LogP contribution is 2.20. The number of hydrogen-bond acceptors (Lipinski definition) is 0. The molecule has 0 unspecified atom stereocenters. The number of likely N-dealkylation sites (tertiary alicyclic amines) is 2. The molecule has 0 amide bonds. The lowest BCUT2D eigenvalue weighted by Gasteiger charge is -2.32. The first-order valence-electron chi connectivity index (χ1n) is 8.77. The third kappa shape index (κ3) is 4.55. The molecule has 2 heterocycles. The van der Waals surface area contributed by atoms with Crippen molar-refractivity contribution in [3.63, 3.8) is 0 Å². The number of rotatable bonds is 6. The Morgan fingerprint density at radius 3 is 1.82 bits per heavy atom. The fourth-order valence-corrected chi connectivity index (χ4v) is 4.05. The van der Waals surface area contributed by atoms with Gasteiger partial charge in [-0.05, 0) is 17.8 Å². The van der Waals surface area contributed by atoms with Gasteiger partial charge in [-0.3, -0.25) is 0 Å². The van der Waals surface area contributed by atoms with E-state index in [4.69, 9.17) is 12.8 Å². The van der Waals surface area contributed by atoms with Crippen LogP contribution < -0.4 is 0 Å². The SMILES string of the molecule is C#CC[N+]1(CC#CCCC[N+]2(CC#C)CCCC2)CCCC1. The van der Waals surface area contributed by atoms with Gasteiger partial charge < -0.3 is 8.97 Å². The zero-order valence-corrected chi connectivity index (χ0v) is 13.9. The van der Waals surface area contributed by atoms with Crippen LogP contribution in [0.1, 0.15) is 38.5 Å². The van der Waals surface area contributed by atoms with Crippen LogP contribution in [-0.2, 0) is 0 Å². The van der Waals surface area contributed by atoms with Crippen LogP contribution in [0.5, 0.6) is 0 Å². The summed E-state index contributed by atoms with van der Waals surface area (Å²) in [6.45, 7) is 8.83. The van der Waals surface area contributed by atoms with Gasteiger partial charge >= 0.3 is 0 Å². The van der Waals surface area contributed by atoms with Crippen LogP contribution in [0.25, 0.3) is 0 Å². The van der Waals surface area contributed by atoms with E-state index in [1.54, 1.807) is 0 Å². The quantitative estimate of drug-likeness (QED) is 0.401. The summed E-state index contributed by atoms with van der Waals surface area (Å²) < 4.78 is 2.16. The average molecular weight is 298 g/mol. The minimum Gasteiger partial charge on any atom is -0.313 e. The zero-order chi connectivity index (χ0) is 15.7. The fourth-order valence-electron chi connectivity index (χ4n) is 4.05. The van der Waals surface area contributed by atoms with Crippen molar-refractivity contribution in [2.24, 2.45) is 0 Å². The van der Waals surface area contributed by atoms with Gasteiger partial charge in [-0.1, -0.05) is 5.92 Å². The molecule has 0 aromatic rings. The highest BCUT2D eigenvalue weighted by Gasteiger charge is 2.31. The van der Waals surface area contributed by atoms with E-state index in [9.17, 15) is 0 Å². The van der Waals surface area contributed by atoms with Crippen molar-refractivity contribution < 1.29 is 8.97 Å². The van der Waals surface area contributed by atoms with Crippen molar-refractivity contribution >= 4 is 0 Å². The normalized spacial score (nSPS) is 21.5. The molecule has 118 valence electrons. The maximum absolute atomic E-state index is 5.55. The Hall–Kier alpha value is -1.40. The van der Waals surface area contributed by atoms with Crippen molar-refractivity contribution in [1.29, 1.82) is 0 Å². The first kappa shape index (κ1) is 17.0. The summed E-state index contributed by atoms with van der Waals surface area (Å²) in [7, 11) is 0. The van der Waals surface area contributed by atoms with Crippen molar-refractivity contribution in [2.75, 3.05) is 52.4 Å². The second-order valence-corrected chi connectivity index (χ2v) is 7.06. The highest BCUT2D eigenvalue weighted by molar-refractivity contribution is 5.00. The van der Waals surface area contributed by atoms with E-state index in [0.717, 1.165) is 35.0 Å². The van der Waals surface area contributed by atoms with E-state index in [1.807, 2.05) is 0 Å². The fraction of sp³-hybridized carbons (Fsp3) is 0.700. The van der Waals surface area contributed by atoms with Gasteiger partial charge in [0.05, 0.1) is 32.7 Å². The molecule has 0 N–H and O–H groups in total. The van der Waals surface area contributed by atoms with Gasteiger partial charge in [0.1, 0.15) is 19.6 Å². The standard InChI is InChI=1S/C20H30N2/c1-3-13-21(17-9-10-18-21)15-7-5-6-8-16-22(14-4-2)19-11-12-20-22/h1-2H,5,7,9-20H2/q+2. The van der Waals surface area contributed by atoms with Gasteiger partial charge in [0.2, 0.25) is 0 Å². The molecule has 0 atom stereocenters. The zero-order valence-electron chi connectivity index (χ0n) is 13.9. The molecule has 0 spiro atoms. The van der Waals surface area contributed by atoms with Crippen LogP contribution >= 0.6 is 0 Å². The van der Waals surface area contributed by atoms with E-state index in [2.05, 4.69) is 23.7 Å². The topological polar surface area (TPSA) is 0 Å². The molecule has 2 saturated heterocycles. The highest BCUT2D eigenvalue weighted by atomic mass is 15.4. The van der Waals surface area contributed by atoms with Gasteiger partial charge in [0.25, 0.3) is 0 Å². The Morgan fingerprint density at radius 2 is 1.23 bits per heavy atom. The molecule has 2 aliphatic rings. The summed E-state index contributed by atoms with van der Waals surface area (Å²) in [5.74, 6) is 12.5. The molecule has 0 aromatic heterocycles. The summed E-state index contributed by atoms with van der Waals surface area (Å²) in [4.78, 5) is 0. The number of hydrogen-bond donors (Lipinski definition) is 0. The van der Waals surface area contributed by atoms with E-state index in [1.165, 1.54) is 64.8 Å². The average Bonchev–Trinajstić information content (AvgIpc) is 3.14. The molecule has 2 rings (SSSR count). The second-order valence-electron chi connectivity index (χ2n) is 7.06. The van der Waals surface area contributed by atoms with Crippen LogP contribution in [0.15, 0.2) is 0 Å². The number of unbranched alkanes of at least 4 members (excludes halogenated alkanes) is 1. The third-order valence-corrected chi connectivity index (χ3v) is 5.36. The summed E-state index contributed by atoms with van der Waals surface area (Å²) >= 11 is 0. The lowest BCUT2D eigenvalue weighted by Crippen LogP contribution is -2.46. The Bertz CT molecular complexity index is 483. The molecule has 0 aliphatic carbocycles. The van der Waals surface area contributed by atoms with Gasteiger partial charge in [-0.2, -0.15) is 0 Å². The number of nitrogens with zero attached hydrogens (tertiary/aromatic N) is 2. The Kier molecular flexibility index (Phi) is 6.39. The van der Waals surface area contributed by atoms with Gasteiger partial charge in [-0.15, -0.1) is 12.8 Å². The molecular weight excluding hydrogens is 268 g/mol. The minimum absolute atomic E-state index is 0.844. The maximum Gasteiger partial charge on any atom is 0.141 e. The molecular formula is C20H30N2+2. The molecule has 2 aliphatic heterocycles. The van der Waals surface area contributed by atoms with Crippen molar-refractivity contribution in [2.45, 2.75) is 38.5 Å². The largest absolute Gasteiger partial charge is 0.313 e. The molecule has 0 aromatic carbocycles. The van der Waals surface area contributed by atoms with Crippen LogP contribution in [-0.4, -0.2) is 61.3 Å². The second kappa shape index (κ2) is 8.29. The monoisotopic (exact) mass is 298 g/mol. The Balaban J connectivity index is 1.73. The molecule has 2 fully saturated rings. The van der Waals surface area contributed by atoms with E-state index < -0.39 is 0 Å². The van der Waals surface area contributed by atoms with Gasteiger partial charge in [-0.25, -0.2) is 0 Å². The molecule has 0 radical (unpaired) electrons. The molecule has 2 nitrogen and oxygen atoms in total. The van der Waals surface area contributed by atoms with Crippen LogP contribution in [0.3, 0.4) is 0 Å². The summed E-state index contributed by atoms with van der Waals surface area (Å²) in [5.41, 5.74) is 0. The first-order valence-corrected chi connectivity index (χ1v) is 8.77. The number of terminal acetylenes is 2. The Labute approximate surface area is 137 Å². The van der Waals surface area contributed by atoms with Crippen molar-refractivity contribution in [1.82, 2.24) is 0 Å². The molecule has 0 saturated carbocycles. The van der Waals surface area contributed by atoms with Crippen LogP contribution in [0.4, 0.5) is 0 Å². The van der Waals surface area contributed by atoms with Gasteiger partial charge in [0.15, 0.2) is 0 Å².